The number of halogens is 3. The maximum Gasteiger partial charge on any atom is 0.416 e. The Hall–Kier alpha value is -3.02. The van der Waals surface area contributed by atoms with Gasteiger partial charge in [0.1, 0.15) is 0 Å². The van der Waals surface area contributed by atoms with Crippen LogP contribution in [0.4, 0.5) is 13.2 Å². The van der Waals surface area contributed by atoms with Crippen LogP contribution in [0.1, 0.15) is 16.7 Å². The van der Waals surface area contributed by atoms with Crippen molar-refractivity contribution in [2.24, 2.45) is 0 Å². The topological polar surface area (TPSA) is 46.5 Å². The van der Waals surface area contributed by atoms with Crippen LogP contribution in [-0.2, 0) is 11.0 Å². The second-order valence-electron chi connectivity index (χ2n) is 5.15. The highest BCUT2D eigenvalue weighted by Gasteiger charge is 2.29. The summed E-state index contributed by atoms with van der Waals surface area (Å²) >= 11 is 0. The van der Waals surface area contributed by atoms with Gasteiger partial charge in [-0.05, 0) is 29.8 Å². The maximum atomic E-state index is 12.5. The van der Waals surface area contributed by atoms with Gasteiger partial charge < -0.3 is 9.84 Å². The van der Waals surface area contributed by atoms with Crippen molar-refractivity contribution in [2.75, 3.05) is 7.11 Å². The molecule has 0 radical (unpaired) electrons. The number of phenols is 1. The molecule has 25 heavy (non-hydrogen) atoms. The number of carbonyl (C=O) groups excluding carboxylic acids is 1. The van der Waals surface area contributed by atoms with Crippen molar-refractivity contribution in [2.45, 2.75) is 6.18 Å². The molecule has 2 aromatic carbocycles. The summed E-state index contributed by atoms with van der Waals surface area (Å²) in [5.41, 5.74) is -0.0633. The van der Waals surface area contributed by atoms with Crippen LogP contribution in [0.25, 0.3) is 11.6 Å². The first-order chi connectivity index (χ1) is 11.7. The number of para-hydroxylation sites is 1. The summed E-state index contributed by atoms with van der Waals surface area (Å²) < 4.78 is 42.5. The van der Waals surface area contributed by atoms with Gasteiger partial charge in [-0.25, -0.2) is 0 Å². The first-order valence-electron chi connectivity index (χ1n) is 7.19. The van der Waals surface area contributed by atoms with E-state index in [1.165, 1.54) is 43.5 Å². The average Bonchev–Trinajstić information content (AvgIpc) is 2.59. The highest BCUT2D eigenvalue weighted by molar-refractivity contribution is 6.27. The zero-order chi connectivity index (χ0) is 18.6. The minimum atomic E-state index is -4.41. The predicted octanol–water partition coefficient (Wildman–Crippen LogP) is 4.72. The fourth-order valence-electron chi connectivity index (χ4n) is 2.12. The van der Waals surface area contributed by atoms with E-state index in [0.717, 1.165) is 12.1 Å². The van der Waals surface area contributed by atoms with E-state index in [-0.39, 0.29) is 22.6 Å². The van der Waals surface area contributed by atoms with Gasteiger partial charge in [0.05, 0.1) is 12.7 Å². The lowest BCUT2D eigenvalue weighted by Gasteiger charge is -2.09. The van der Waals surface area contributed by atoms with E-state index in [1.807, 2.05) is 0 Å². The summed E-state index contributed by atoms with van der Waals surface area (Å²) in [6.07, 6.45) is -1.84. The van der Waals surface area contributed by atoms with Crippen molar-refractivity contribution < 1.29 is 27.8 Å². The number of aromatic hydroxyl groups is 1. The van der Waals surface area contributed by atoms with Crippen LogP contribution in [0, 0.1) is 0 Å². The summed E-state index contributed by atoms with van der Waals surface area (Å²) in [7, 11) is 1.38. The van der Waals surface area contributed by atoms with Gasteiger partial charge in [-0.3, -0.25) is 4.79 Å². The molecule has 2 aromatic rings. The quantitative estimate of drug-likeness (QED) is 0.796. The summed E-state index contributed by atoms with van der Waals surface area (Å²) in [5, 5.41) is 10.0. The van der Waals surface area contributed by atoms with E-state index in [1.54, 1.807) is 6.07 Å². The van der Waals surface area contributed by atoms with Gasteiger partial charge in [0.2, 0.25) is 0 Å². The van der Waals surface area contributed by atoms with Crippen LogP contribution in [0.15, 0.2) is 55.1 Å². The molecule has 0 aliphatic heterocycles. The summed E-state index contributed by atoms with van der Waals surface area (Å²) in [6.45, 7) is 3.65. The molecule has 2 rings (SSSR count). The normalized spacial score (nSPS) is 11.5. The van der Waals surface area contributed by atoms with Crippen LogP contribution >= 0.6 is 0 Å². The Morgan fingerprint density at radius 1 is 1.16 bits per heavy atom. The lowest BCUT2D eigenvalue weighted by atomic mass is 10.0. The number of rotatable bonds is 5. The molecule has 0 heterocycles. The van der Waals surface area contributed by atoms with E-state index in [9.17, 15) is 23.1 Å². The lowest BCUT2D eigenvalue weighted by molar-refractivity contribution is -0.137. The number of methoxy groups -OCH3 is 1. The molecule has 1 N–H and O–H groups in total. The van der Waals surface area contributed by atoms with Crippen molar-refractivity contribution in [1.29, 1.82) is 0 Å². The van der Waals surface area contributed by atoms with E-state index in [0.29, 0.717) is 5.56 Å². The van der Waals surface area contributed by atoms with E-state index < -0.39 is 17.5 Å². The van der Waals surface area contributed by atoms with E-state index in [2.05, 4.69) is 6.58 Å². The first-order valence-corrected chi connectivity index (χ1v) is 7.19. The Morgan fingerprint density at radius 2 is 1.80 bits per heavy atom. The standard InChI is InChI=1S/C19H15F3O3/c1-12(15-4-3-5-17(25-2)18(15)24)16(23)11-8-13-6-9-14(10-7-13)19(20,21)22/h3-11,24H,1H2,2H3/b11-8+. The SMILES string of the molecule is C=C(C(=O)/C=C/c1ccc(C(F)(F)F)cc1)c1cccc(OC)c1O. The molecule has 6 heteroatoms. The number of benzene rings is 2. The average molecular weight is 348 g/mol. The molecule has 0 atom stereocenters. The smallest absolute Gasteiger partial charge is 0.416 e. The number of phenolic OH excluding ortho intramolecular Hbond substituents is 1. The Bertz CT molecular complexity index is 819. The highest BCUT2D eigenvalue weighted by atomic mass is 19.4. The molecule has 0 fully saturated rings. The summed E-state index contributed by atoms with van der Waals surface area (Å²) in [4.78, 5) is 12.2. The van der Waals surface area contributed by atoms with Crippen molar-refractivity contribution in [3.8, 4) is 11.5 Å². The van der Waals surface area contributed by atoms with Crippen LogP contribution in [0.2, 0.25) is 0 Å². The van der Waals surface area contributed by atoms with Gasteiger partial charge in [0, 0.05) is 11.1 Å². The molecule has 0 saturated heterocycles. The van der Waals surface area contributed by atoms with Crippen LogP contribution in [0.5, 0.6) is 11.5 Å². The zero-order valence-corrected chi connectivity index (χ0v) is 13.3. The molecule has 0 bridgehead atoms. The van der Waals surface area contributed by atoms with Crippen molar-refractivity contribution >= 4 is 17.4 Å². The first kappa shape index (κ1) is 18.3. The van der Waals surface area contributed by atoms with Crippen LogP contribution < -0.4 is 4.74 Å². The highest BCUT2D eigenvalue weighted by Crippen LogP contribution is 2.34. The Morgan fingerprint density at radius 3 is 2.36 bits per heavy atom. The van der Waals surface area contributed by atoms with Crippen LogP contribution in [0.3, 0.4) is 0 Å². The van der Waals surface area contributed by atoms with Crippen molar-refractivity contribution in [1.82, 2.24) is 0 Å². The Balaban J connectivity index is 2.16. The number of alkyl halides is 3. The van der Waals surface area contributed by atoms with Crippen LogP contribution in [-0.4, -0.2) is 18.0 Å². The lowest BCUT2D eigenvalue weighted by Crippen LogP contribution is -2.04. The minimum absolute atomic E-state index is 0.0413. The molecule has 0 saturated carbocycles. The molecule has 0 aliphatic rings. The minimum Gasteiger partial charge on any atom is -0.504 e. The monoisotopic (exact) mass is 348 g/mol. The van der Waals surface area contributed by atoms with Gasteiger partial charge in [-0.1, -0.05) is 36.9 Å². The van der Waals surface area contributed by atoms with Crippen molar-refractivity contribution in [3.05, 3.63) is 71.8 Å². The fraction of sp³-hybridized carbons (Fsp3) is 0.105. The Kier molecular flexibility index (Phi) is 5.32. The van der Waals surface area contributed by atoms with E-state index >= 15 is 0 Å². The molecule has 3 nitrogen and oxygen atoms in total. The largest absolute Gasteiger partial charge is 0.504 e. The molecular formula is C19H15F3O3. The molecule has 0 spiro atoms. The fourth-order valence-corrected chi connectivity index (χ4v) is 2.12. The third-order valence-electron chi connectivity index (χ3n) is 3.51. The number of allylic oxidation sites excluding steroid dienone is 2. The maximum absolute atomic E-state index is 12.5. The molecule has 0 amide bonds. The Labute approximate surface area is 142 Å². The molecule has 0 aliphatic carbocycles. The van der Waals surface area contributed by atoms with Gasteiger partial charge in [-0.2, -0.15) is 13.2 Å². The van der Waals surface area contributed by atoms with Gasteiger partial charge in [0.25, 0.3) is 0 Å². The number of hydrogen-bond acceptors (Lipinski definition) is 3. The number of carbonyl (C=O) groups is 1. The van der Waals surface area contributed by atoms with E-state index in [4.69, 9.17) is 4.74 Å². The number of ketones is 1. The summed E-state index contributed by atoms with van der Waals surface area (Å²) in [6, 6.07) is 9.06. The number of ether oxygens (including phenoxy) is 1. The number of hydrogen-bond donors (Lipinski definition) is 1. The third kappa shape index (κ3) is 4.29. The second kappa shape index (κ2) is 7.25. The molecular weight excluding hydrogens is 333 g/mol. The van der Waals surface area contributed by atoms with Crippen molar-refractivity contribution in [3.63, 3.8) is 0 Å². The van der Waals surface area contributed by atoms with Gasteiger partial charge >= 0.3 is 6.18 Å². The predicted molar refractivity (Wildman–Crippen MR) is 89.2 cm³/mol. The van der Waals surface area contributed by atoms with Gasteiger partial charge in [-0.15, -0.1) is 0 Å². The summed E-state index contributed by atoms with van der Waals surface area (Å²) in [5.74, 6) is -0.479. The zero-order valence-electron chi connectivity index (χ0n) is 13.3. The second-order valence-corrected chi connectivity index (χ2v) is 5.15. The third-order valence-corrected chi connectivity index (χ3v) is 3.51. The molecule has 130 valence electrons. The molecule has 0 aromatic heterocycles. The molecule has 0 unspecified atom stereocenters. The van der Waals surface area contributed by atoms with Gasteiger partial charge in [0.15, 0.2) is 17.3 Å².